The number of aliphatic carboxylic acids is 1. The number of nitrogens with two attached hydrogens (primary N) is 1. The van der Waals surface area contributed by atoms with Crippen LogP contribution in [0.15, 0.2) is 18.2 Å². The molecule has 98 valence electrons. The number of carbonyl (C=O) groups is 2. The van der Waals surface area contributed by atoms with E-state index in [1.54, 1.807) is 25.2 Å². The van der Waals surface area contributed by atoms with E-state index < -0.39 is 5.97 Å². The standard InChI is InChI=1S/C12H16N2O4/c1-14(11(15)5-6-12(16)17)10-4-3-8(18-2)7-9(10)13/h3-4,7H,5-6,13H2,1-2H3,(H,16,17). The molecule has 18 heavy (non-hydrogen) atoms. The predicted octanol–water partition coefficient (Wildman–Crippen LogP) is 1.10. The van der Waals surface area contributed by atoms with Crippen LogP contribution in [-0.4, -0.2) is 31.1 Å². The third-order valence-electron chi connectivity index (χ3n) is 2.52. The molecule has 0 fully saturated rings. The molecule has 0 bridgehead atoms. The summed E-state index contributed by atoms with van der Waals surface area (Å²) in [4.78, 5) is 23.5. The fourth-order valence-corrected chi connectivity index (χ4v) is 1.48. The number of methoxy groups -OCH3 is 1. The molecule has 0 aromatic heterocycles. The first kappa shape index (κ1) is 13.8. The molecule has 0 aliphatic carbocycles. The highest BCUT2D eigenvalue weighted by Crippen LogP contribution is 2.27. The van der Waals surface area contributed by atoms with Gasteiger partial charge in [-0.3, -0.25) is 9.59 Å². The van der Waals surface area contributed by atoms with Gasteiger partial charge in [-0.15, -0.1) is 0 Å². The van der Waals surface area contributed by atoms with Gasteiger partial charge in [-0.1, -0.05) is 0 Å². The number of carboxylic acids is 1. The van der Waals surface area contributed by atoms with Crippen molar-refractivity contribution in [3.63, 3.8) is 0 Å². The Hall–Kier alpha value is -2.24. The molecule has 0 heterocycles. The van der Waals surface area contributed by atoms with E-state index in [1.165, 1.54) is 12.0 Å². The first-order valence-corrected chi connectivity index (χ1v) is 5.37. The van der Waals surface area contributed by atoms with Gasteiger partial charge in [0.25, 0.3) is 0 Å². The van der Waals surface area contributed by atoms with Crippen LogP contribution in [0.4, 0.5) is 11.4 Å². The fraction of sp³-hybridized carbons (Fsp3) is 0.333. The Morgan fingerprint density at radius 1 is 1.39 bits per heavy atom. The van der Waals surface area contributed by atoms with Gasteiger partial charge < -0.3 is 20.5 Å². The largest absolute Gasteiger partial charge is 0.497 e. The van der Waals surface area contributed by atoms with Gasteiger partial charge in [-0.05, 0) is 12.1 Å². The SMILES string of the molecule is COc1ccc(N(C)C(=O)CCC(=O)O)c(N)c1. The van der Waals surface area contributed by atoms with E-state index in [0.717, 1.165) is 0 Å². The van der Waals surface area contributed by atoms with E-state index in [9.17, 15) is 9.59 Å². The lowest BCUT2D eigenvalue weighted by atomic mass is 10.2. The minimum Gasteiger partial charge on any atom is -0.497 e. The zero-order chi connectivity index (χ0) is 13.7. The molecular formula is C12H16N2O4. The number of anilines is 2. The Bertz CT molecular complexity index is 459. The van der Waals surface area contributed by atoms with E-state index >= 15 is 0 Å². The second-order valence-corrected chi connectivity index (χ2v) is 3.77. The summed E-state index contributed by atoms with van der Waals surface area (Å²) in [5.41, 5.74) is 6.74. The molecule has 6 heteroatoms. The number of carbonyl (C=O) groups excluding carboxylic acids is 1. The van der Waals surface area contributed by atoms with E-state index in [-0.39, 0.29) is 18.7 Å². The molecule has 0 radical (unpaired) electrons. The molecule has 6 nitrogen and oxygen atoms in total. The van der Waals surface area contributed by atoms with E-state index in [2.05, 4.69) is 0 Å². The number of hydrogen-bond donors (Lipinski definition) is 2. The molecule has 0 aliphatic heterocycles. The highest BCUT2D eigenvalue weighted by molar-refractivity contribution is 5.97. The Kier molecular flexibility index (Phi) is 4.53. The van der Waals surface area contributed by atoms with Gasteiger partial charge in [-0.25, -0.2) is 0 Å². The van der Waals surface area contributed by atoms with Crippen molar-refractivity contribution in [3.05, 3.63) is 18.2 Å². The van der Waals surface area contributed by atoms with Crippen LogP contribution in [0.5, 0.6) is 5.75 Å². The topological polar surface area (TPSA) is 92.9 Å². The number of ether oxygens (including phenoxy) is 1. The lowest BCUT2D eigenvalue weighted by Gasteiger charge is -2.19. The van der Waals surface area contributed by atoms with Crippen molar-refractivity contribution in [2.24, 2.45) is 0 Å². The van der Waals surface area contributed by atoms with Crippen molar-refractivity contribution < 1.29 is 19.4 Å². The zero-order valence-electron chi connectivity index (χ0n) is 10.3. The molecule has 1 aromatic carbocycles. The van der Waals surface area contributed by atoms with Gasteiger partial charge in [0.2, 0.25) is 5.91 Å². The molecule has 3 N–H and O–H groups in total. The molecule has 0 aliphatic rings. The molecule has 1 rings (SSSR count). The third kappa shape index (κ3) is 3.38. The monoisotopic (exact) mass is 252 g/mol. The fourth-order valence-electron chi connectivity index (χ4n) is 1.48. The van der Waals surface area contributed by atoms with Crippen molar-refractivity contribution in [2.45, 2.75) is 12.8 Å². The molecule has 1 amide bonds. The summed E-state index contributed by atoms with van der Waals surface area (Å²) in [5.74, 6) is -0.698. The number of hydrogen-bond acceptors (Lipinski definition) is 4. The number of nitrogen functional groups attached to an aromatic ring is 1. The number of nitrogens with zero attached hydrogens (tertiary/aromatic N) is 1. The second-order valence-electron chi connectivity index (χ2n) is 3.77. The number of rotatable bonds is 5. The smallest absolute Gasteiger partial charge is 0.303 e. The Balaban J connectivity index is 2.80. The summed E-state index contributed by atoms with van der Waals surface area (Å²) in [7, 11) is 3.08. The lowest BCUT2D eigenvalue weighted by molar-refractivity contribution is -0.138. The van der Waals surface area contributed by atoms with Gasteiger partial charge in [0.05, 0.1) is 24.9 Å². The van der Waals surface area contributed by atoms with Crippen LogP contribution < -0.4 is 15.4 Å². The molecule has 1 aromatic rings. The van der Waals surface area contributed by atoms with Crippen LogP contribution in [-0.2, 0) is 9.59 Å². The van der Waals surface area contributed by atoms with Gasteiger partial charge in [0.1, 0.15) is 5.75 Å². The van der Waals surface area contributed by atoms with E-state index in [0.29, 0.717) is 17.1 Å². The van der Waals surface area contributed by atoms with Gasteiger partial charge in [0, 0.05) is 19.5 Å². The highest BCUT2D eigenvalue weighted by Gasteiger charge is 2.15. The average Bonchev–Trinajstić information content (AvgIpc) is 2.34. The van der Waals surface area contributed by atoms with Crippen LogP contribution in [0.25, 0.3) is 0 Å². The summed E-state index contributed by atoms with van der Waals surface area (Å²) < 4.78 is 5.01. The molecule has 0 spiro atoms. The van der Waals surface area contributed by atoms with Crippen LogP contribution >= 0.6 is 0 Å². The third-order valence-corrected chi connectivity index (χ3v) is 2.52. The number of benzene rings is 1. The maximum Gasteiger partial charge on any atom is 0.303 e. The van der Waals surface area contributed by atoms with Crippen molar-refractivity contribution in [3.8, 4) is 5.75 Å². The molecule has 0 atom stereocenters. The van der Waals surface area contributed by atoms with Crippen LogP contribution in [0, 0.1) is 0 Å². The number of amides is 1. The van der Waals surface area contributed by atoms with Gasteiger partial charge in [0.15, 0.2) is 0 Å². The van der Waals surface area contributed by atoms with Gasteiger partial charge >= 0.3 is 5.97 Å². The summed E-state index contributed by atoms with van der Waals surface area (Å²) in [5, 5.41) is 8.53. The van der Waals surface area contributed by atoms with Crippen molar-refractivity contribution in [1.29, 1.82) is 0 Å². The average molecular weight is 252 g/mol. The normalized spacial score (nSPS) is 9.89. The van der Waals surface area contributed by atoms with Crippen LogP contribution in [0.2, 0.25) is 0 Å². The summed E-state index contributed by atoms with van der Waals surface area (Å²) in [6, 6.07) is 4.95. The van der Waals surface area contributed by atoms with Crippen LogP contribution in [0.3, 0.4) is 0 Å². The first-order chi connectivity index (χ1) is 8.45. The molecule has 0 saturated carbocycles. The minimum atomic E-state index is -1.00. The van der Waals surface area contributed by atoms with E-state index in [4.69, 9.17) is 15.6 Å². The summed E-state index contributed by atoms with van der Waals surface area (Å²) in [6.45, 7) is 0. The summed E-state index contributed by atoms with van der Waals surface area (Å²) in [6.07, 6.45) is -0.253. The van der Waals surface area contributed by atoms with Gasteiger partial charge in [-0.2, -0.15) is 0 Å². The molecule has 0 unspecified atom stereocenters. The number of carboxylic acid groups (broad SMARTS) is 1. The molecular weight excluding hydrogens is 236 g/mol. The first-order valence-electron chi connectivity index (χ1n) is 5.37. The van der Waals surface area contributed by atoms with Crippen molar-refractivity contribution in [2.75, 3.05) is 24.8 Å². The second kappa shape index (κ2) is 5.90. The molecule has 0 saturated heterocycles. The minimum absolute atomic E-state index is 0.0582. The van der Waals surface area contributed by atoms with E-state index in [1.807, 2.05) is 0 Å². The quantitative estimate of drug-likeness (QED) is 0.765. The summed E-state index contributed by atoms with van der Waals surface area (Å²) >= 11 is 0. The van der Waals surface area contributed by atoms with Crippen LogP contribution in [0.1, 0.15) is 12.8 Å². The Morgan fingerprint density at radius 2 is 2.06 bits per heavy atom. The maximum absolute atomic E-state index is 11.7. The highest BCUT2D eigenvalue weighted by atomic mass is 16.5. The Morgan fingerprint density at radius 3 is 2.56 bits per heavy atom. The van der Waals surface area contributed by atoms with Crippen molar-refractivity contribution >= 4 is 23.3 Å². The predicted molar refractivity (Wildman–Crippen MR) is 67.7 cm³/mol. The maximum atomic E-state index is 11.7. The van der Waals surface area contributed by atoms with Crippen molar-refractivity contribution in [1.82, 2.24) is 0 Å². The Labute approximate surface area is 105 Å². The lowest BCUT2D eigenvalue weighted by Crippen LogP contribution is -2.27. The zero-order valence-corrected chi connectivity index (χ0v) is 10.3.